The second kappa shape index (κ2) is 5.15. The Morgan fingerprint density at radius 2 is 1.89 bits per heavy atom. The third kappa shape index (κ3) is 2.41. The van der Waals surface area contributed by atoms with Crippen LogP contribution in [0, 0.1) is 0 Å². The lowest BCUT2D eigenvalue weighted by Crippen LogP contribution is -1.98. The lowest BCUT2D eigenvalue weighted by atomic mass is 10.1. The molecule has 0 bridgehead atoms. The summed E-state index contributed by atoms with van der Waals surface area (Å²) in [6, 6.07) is 11.6. The van der Waals surface area contributed by atoms with Gasteiger partial charge in [0.25, 0.3) is 0 Å². The van der Waals surface area contributed by atoms with Gasteiger partial charge in [-0.1, -0.05) is 29.8 Å². The van der Waals surface area contributed by atoms with Crippen LogP contribution in [0.3, 0.4) is 0 Å². The second-order valence-electron chi connectivity index (χ2n) is 3.96. The molecule has 0 spiro atoms. The van der Waals surface area contributed by atoms with Gasteiger partial charge in [0, 0.05) is 21.3 Å². The fraction of sp³-hybridized carbons (Fsp3) is 0. The molecule has 0 saturated carbocycles. The molecule has 0 aliphatic rings. The zero-order valence-corrected chi connectivity index (χ0v) is 12.1. The van der Waals surface area contributed by atoms with Crippen LogP contribution >= 0.6 is 27.5 Å². The Balaban J connectivity index is 2.13. The molecule has 1 aromatic carbocycles. The Morgan fingerprint density at radius 3 is 2.63 bits per heavy atom. The molecule has 3 rings (SSSR count). The van der Waals surface area contributed by atoms with Crippen LogP contribution in [0.4, 0.5) is 0 Å². The Hall–Kier alpha value is -1.65. The van der Waals surface area contributed by atoms with E-state index in [1.807, 2.05) is 41.0 Å². The number of hydrogen-bond donors (Lipinski definition) is 0. The molecular weight excluding hydrogens is 326 g/mol. The van der Waals surface area contributed by atoms with E-state index in [4.69, 9.17) is 11.6 Å². The minimum absolute atomic E-state index is 0.696. The van der Waals surface area contributed by atoms with Gasteiger partial charge in [0.05, 0.1) is 11.9 Å². The van der Waals surface area contributed by atoms with Crippen molar-refractivity contribution in [1.29, 1.82) is 0 Å². The largest absolute Gasteiger partial charge is 0.283 e. The highest BCUT2D eigenvalue weighted by Crippen LogP contribution is 2.28. The number of pyridine rings is 1. The van der Waals surface area contributed by atoms with Crippen LogP contribution in [0.1, 0.15) is 0 Å². The molecule has 0 amide bonds. The number of halogens is 2. The molecule has 5 heteroatoms. The first kappa shape index (κ1) is 12.4. The molecule has 0 radical (unpaired) electrons. The van der Waals surface area contributed by atoms with E-state index in [0.29, 0.717) is 5.02 Å². The summed E-state index contributed by atoms with van der Waals surface area (Å²) in [4.78, 5) is 8.56. The maximum atomic E-state index is 6.23. The molecule has 3 aromatic rings. The standard InChI is InChI=1S/C14H9BrClN3/c15-10-5-6-14(18-7-10)19-9-17-8-13(19)11-3-1-2-4-12(11)16/h1-9H. The van der Waals surface area contributed by atoms with Crippen LogP contribution in [-0.4, -0.2) is 14.5 Å². The zero-order chi connectivity index (χ0) is 13.2. The number of rotatable bonds is 2. The Kier molecular flexibility index (Phi) is 3.36. The monoisotopic (exact) mass is 333 g/mol. The van der Waals surface area contributed by atoms with Gasteiger partial charge in [-0.05, 0) is 34.1 Å². The third-order valence-electron chi connectivity index (χ3n) is 2.75. The van der Waals surface area contributed by atoms with Crippen molar-refractivity contribution in [3.8, 4) is 17.1 Å². The maximum absolute atomic E-state index is 6.23. The highest BCUT2D eigenvalue weighted by Gasteiger charge is 2.10. The molecule has 0 saturated heterocycles. The van der Waals surface area contributed by atoms with Gasteiger partial charge in [0.15, 0.2) is 0 Å². The van der Waals surface area contributed by atoms with Crippen molar-refractivity contribution in [1.82, 2.24) is 14.5 Å². The molecule has 2 heterocycles. The van der Waals surface area contributed by atoms with E-state index >= 15 is 0 Å². The fourth-order valence-electron chi connectivity index (χ4n) is 1.86. The molecule has 94 valence electrons. The van der Waals surface area contributed by atoms with Crippen molar-refractivity contribution in [3.63, 3.8) is 0 Å². The first-order valence-electron chi connectivity index (χ1n) is 5.65. The van der Waals surface area contributed by atoms with Gasteiger partial charge in [-0.15, -0.1) is 0 Å². The lowest BCUT2D eigenvalue weighted by Gasteiger charge is -2.08. The van der Waals surface area contributed by atoms with E-state index in [1.54, 1.807) is 18.7 Å². The molecular formula is C14H9BrClN3. The Labute approximate surface area is 124 Å². The van der Waals surface area contributed by atoms with Gasteiger partial charge in [-0.2, -0.15) is 0 Å². The molecule has 0 unspecified atom stereocenters. The van der Waals surface area contributed by atoms with Crippen LogP contribution in [-0.2, 0) is 0 Å². The van der Waals surface area contributed by atoms with Crippen molar-refractivity contribution in [2.24, 2.45) is 0 Å². The molecule has 2 aromatic heterocycles. The zero-order valence-electron chi connectivity index (χ0n) is 9.79. The summed E-state index contributed by atoms with van der Waals surface area (Å²) in [6.07, 6.45) is 5.27. The number of hydrogen-bond acceptors (Lipinski definition) is 2. The van der Waals surface area contributed by atoms with E-state index in [9.17, 15) is 0 Å². The Bertz CT molecular complexity index is 707. The molecule has 3 nitrogen and oxygen atoms in total. The first-order chi connectivity index (χ1) is 9.25. The highest BCUT2D eigenvalue weighted by molar-refractivity contribution is 9.10. The predicted molar refractivity (Wildman–Crippen MR) is 79.5 cm³/mol. The minimum atomic E-state index is 0.696. The van der Waals surface area contributed by atoms with E-state index < -0.39 is 0 Å². The summed E-state index contributed by atoms with van der Waals surface area (Å²) in [7, 11) is 0. The third-order valence-corrected chi connectivity index (χ3v) is 3.55. The highest BCUT2D eigenvalue weighted by atomic mass is 79.9. The summed E-state index contributed by atoms with van der Waals surface area (Å²) in [6.45, 7) is 0. The smallest absolute Gasteiger partial charge is 0.138 e. The lowest BCUT2D eigenvalue weighted by molar-refractivity contribution is 0.997. The van der Waals surface area contributed by atoms with Crippen molar-refractivity contribution in [2.45, 2.75) is 0 Å². The summed E-state index contributed by atoms with van der Waals surface area (Å²) in [5.41, 5.74) is 1.85. The predicted octanol–water partition coefficient (Wildman–Crippen LogP) is 4.35. The van der Waals surface area contributed by atoms with E-state index in [-0.39, 0.29) is 0 Å². The SMILES string of the molecule is Clc1ccccc1-c1cncn1-c1ccc(Br)cn1. The van der Waals surface area contributed by atoms with Gasteiger partial charge in [0.2, 0.25) is 0 Å². The number of benzene rings is 1. The number of aromatic nitrogens is 3. The summed E-state index contributed by atoms with van der Waals surface area (Å²) in [5, 5.41) is 0.696. The van der Waals surface area contributed by atoms with Gasteiger partial charge in [0.1, 0.15) is 12.1 Å². The summed E-state index contributed by atoms with van der Waals surface area (Å²) < 4.78 is 2.85. The average Bonchev–Trinajstić information content (AvgIpc) is 2.89. The number of imidazole rings is 1. The molecule has 0 atom stereocenters. The fourth-order valence-corrected chi connectivity index (χ4v) is 2.32. The number of nitrogens with zero attached hydrogens (tertiary/aromatic N) is 3. The van der Waals surface area contributed by atoms with Crippen LogP contribution in [0.5, 0.6) is 0 Å². The molecule has 0 aliphatic carbocycles. The summed E-state index contributed by atoms with van der Waals surface area (Å²) in [5.74, 6) is 0.801. The molecule has 0 aliphatic heterocycles. The van der Waals surface area contributed by atoms with Gasteiger partial charge in [-0.3, -0.25) is 4.57 Å². The van der Waals surface area contributed by atoms with Gasteiger partial charge in [-0.25, -0.2) is 9.97 Å². The van der Waals surface area contributed by atoms with Crippen molar-refractivity contribution in [2.75, 3.05) is 0 Å². The van der Waals surface area contributed by atoms with E-state index in [2.05, 4.69) is 25.9 Å². The van der Waals surface area contributed by atoms with Gasteiger partial charge >= 0.3 is 0 Å². The Morgan fingerprint density at radius 1 is 1.05 bits per heavy atom. The molecule has 0 fully saturated rings. The van der Waals surface area contributed by atoms with Crippen molar-refractivity contribution in [3.05, 3.63) is 64.6 Å². The molecule has 19 heavy (non-hydrogen) atoms. The normalized spacial score (nSPS) is 10.6. The average molecular weight is 335 g/mol. The second-order valence-corrected chi connectivity index (χ2v) is 5.29. The topological polar surface area (TPSA) is 30.7 Å². The quantitative estimate of drug-likeness (QED) is 0.697. The molecule has 0 N–H and O–H groups in total. The van der Waals surface area contributed by atoms with E-state index in [1.165, 1.54) is 0 Å². The van der Waals surface area contributed by atoms with Crippen LogP contribution in [0.15, 0.2) is 59.6 Å². The summed E-state index contributed by atoms with van der Waals surface area (Å²) >= 11 is 9.61. The van der Waals surface area contributed by atoms with Crippen molar-refractivity contribution < 1.29 is 0 Å². The van der Waals surface area contributed by atoms with E-state index in [0.717, 1.165) is 21.5 Å². The van der Waals surface area contributed by atoms with Crippen LogP contribution in [0.2, 0.25) is 5.02 Å². The maximum Gasteiger partial charge on any atom is 0.138 e. The van der Waals surface area contributed by atoms with Crippen LogP contribution < -0.4 is 0 Å². The van der Waals surface area contributed by atoms with Crippen molar-refractivity contribution >= 4 is 27.5 Å². The first-order valence-corrected chi connectivity index (χ1v) is 6.82. The minimum Gasteiger partial charge on any atom is -0.283 e. The van der Waals surface area contributed by atoms with Gasteiger partial charge < -0.3 is 0 Å². The van der Waals surface area contributed by atoms with Crippen LogP contribution in [0.25, 0.3) is 17.1 Å².